The molecule has 3 heterocycles. The fraction of sp³-hybridized carbons (Fsp3) is 0.267. The molecule has 0 spiro atoms. The fourth-order valence-electron chi connectivity index (χ4n) is 2.79. The molecular formula is C15H15N5O. The summed E-state index contributed by atoms with van der Waals surface area (Å²) in [6.45, 7) is 3.22. The number of methoxy groups -OCH3 is 1. The summed E-state index contributed by atoms with van der Waals surface area (Å²) in [5, 5.41) is 8.65. The monoisotopic (exact) mass is 281 g/mol. The Kier molecular flexibility index (Phi) is 2.65. The maximum Gasteiger partial charge on any atom is 0.166 e. The molecule has 2 aromatic heterocycles. The van der Waals surface area contributed by atoms with Crippen LogP contribution in [0.25, 0.3) is 17.1 Å². The minimum absolute atomic E-state index is 0.447. The number of imidazole rings is 1. The first kappa shape index (κ1) is 12.3. The van der Waals surface area contributed by atoms with E-state index < -0.39 is 0 Å². The first-order valence-corrected chi connectivity index (χ1v) is 6.81. The van der Waals surface area contributed by atoms with Crippen LogP contribution in [-0.2, 0) is 17.9 Å². The quantitative estimate of drug-likeness (QED) is 0.563. The van der Waals surface area contributed by atoms with Crippen molar-refractivity contribution in [3.8, 4) is 17.1 Å². The number of benzene rings is 1. The van der Waals surface area contributed by atoms with Crippen LogP contribution in [0, 0.1) is 6.92 Å². The summed E-state index contributed by atoms with van der Waals surface area (Å²) in [5.74, 6) is 1.71. The van der Waals surface area contributed by atoms with Gasteiger partial charge >= 0.3 is 0 Å². The van der Waals surface area contributed by atoms with Gasteiger partial charge in [0.2, 0.25) is 0 Å². The molecule has 0 N–H and O–H groups in total. The molecule has 0 saturated heterocycles. The molecule has 1 aliphatic rings. The van der Waals surface area contributed by atoms with E-state index in [1.165, 1.54) is 5.56 Å². The first-order chi connectivity index (χ1) is 10.3. The van der Waals surface area contributed by atoms with E-state index in [2.05, 4.69) is 49.4 Å². The van der Waals surface area contributed by atoms with Gasteiger partial charge in [-0.05, 0) is 19.1 Å². The van der Waals surface area contributed by atoms with E-state index in [0.717, 1.165) is 28.6 Å². The normalized spacial score (nSPS) is 12.5. The highest BCUT2D eigenvalue weighted by Crippen LogP contribution is 2.31. The molecule has 106 valence electrons. The summed E-state index contributed by atoms with van der Waals surface area (Å²) in [7, 11) is 1.67. The largest absolute Gasteiger partial charge is 0.377 e. The lowest BCUT2D eigenvalue weighted by molar-refractivity contribution is 0.174. The van der Waals surface area contributed by atoms with Crippen LogP contribution in [0.5, 0.6) is 0 Å². The van der Waals surface area contributed by atoms with E-state index in [0.29, 0.717) is 13.2 Å². The van der Waals surface area contributed by atoms with Crippen molar-refractivity contribution in [2.75, 3.05) is 7.11 Å². The Morgan fingerprint density at radius 3 is 3.05 bits per heavy atom. The fourth-order valence-corrected chi connectivity index (χ4v) is 2.79. The standard InChI is InChI=1S/C15H15N5O/c1-10-3-4-13-12(5-10)15-18-17-14(8-21-2)19(15)7-11-6-16-9-20(11)13/h3-6,9H,7-8H2,1-2H3. The highest BCUT2D eigenvalue weighted by Gasteiger charge is 2.23. The van der Waals surface area contributed by atoms with Gasteiger partial charge in [-0.3, -0.25) is 0 Å². The third-order valence-corrected chi connectivity index (χ3v) is 3.79. The topological polar surface area (TPSA) is 57.8 Å². The van der Waals surface area contributed by atoms with Crippen LogP contribution in [-0.4, -0.2) is 31.4 Å². The molecule has 0 radical (unpaired) electrons. The van der Waals surface area contributed by atoms with Gasteiger partial charge in [0.1, 0.15) is 6.61 Å². The first-order valence-electron chi connectivity index (χ1n) is 6.81. The van der Waals surface area contributed by atoms with Crippen LogP contribution in [0.1, 0.15) is 17.1 Å². The van der Waals surface area contributed by atoms with Crippen LogP contribution in [0.4, 0.5) is 0 Å². The van der Waals surface area contributed by atoms with Gasteiger partial charge in [-0.1, -0.05) is 11.6 Å². The van der Waals surface area contributed by atoms with Crippen LogP contribution < -0.4 is 0 Å². The molecule has 0 bridgehead atoms. The average Bonchev–Trinajstić information content (AvgIpc) is 3.06. The second-order valence-corrected chi connectivity index (χ2v) is 5.23. The predicted molar refractivity (Wildman–Crippen MR) is 77.1 cm³/mol. The molecule has 3 aromatic rings. The van der Waals surface area contributed by atoms with Crippen molar-refractivity contribution in [1.82, 2.24) is 24.3 Å². The molecule has 0 fully saturated rings. The molecule has 1 aliphatic heterocycles. The number of hydrogen-bond acceptors (Lipinski definition) is 4. The Labute approximate surface area is 122 Å². The van der Waals surface area contributed by atoms with E-state index in [4.69, 9.17) is 4.74 Å². The van der Waals surface area contributed by atoms with E-state index in [9.17, 15) is 0 Å². The highest BCUT2D eigenvalue weighted by atomic mass is 16.5. The van der Waals surface area contributed by atoms with Gasteiger partial charge in [-0.2, -0.15) is 0 Å². The van der Waals surface area contributed by atoms with Crippen molar-refractivity contribution >= 4 is 0 Å². The molecule has 21 heavy (non-hydrogen) atoms. The molecule has 4 rings (SSSR count). The van der Waals surface area contributed by atoms with E-state index in [-0.39, 0.29) is 0 Å². The lowest BCUT2D eigenvalue weighted by Crippen LogP contribution is -2.07. The summed E-state index contributed by atoms with van der Waals surface area (Å²) in [5.41, 5.74) is 4.46. The van der Waals surface area contributed by atoms with Crippen molar-refractivity contribution in [2.24, 2.45) is 0 Å². The smallest absolute Gasteiger partial charge is 0.166 e. The second-order valence-electron chi connectivity index (χ2n) is 5.23. The molecule has 6 heteroatoms. The van der Waals surface area contributed by atoms with Crippen LogP contribution in [0.2, 0.25) is 0 Å². The van der Waals surface area contributed by atoms with E-state index >= 15 is 0 Å². The van der Waals surface area contributed by atoms with Gasteiger partial charge in [-0.25, -0.2) is 4.98 Å². The predicted octanol–water partition coefficient (Wildman–Crippen LogP) is 1.95. The highest BCUT2D eigenvalue weighted by molar-refractivity contribution is 5.70. The molecule has 0 saturated carbocycles. The molecule has 0 unspecified atom stereocenters. The van der Waals surface area contributed by atoms with Gasteiger partial charge in [0.25, 0.3) is 0 Å². The zero-order chi connectivity index (χ0) is 14.4. The Hall–Kier alpha value is -2.47. The number of rotatable bonds is 2. The van der Waals surface area contributed by atoms with Gasteiger partial charge in [0.05, 0.1) is 30.5 Å². The van der Waals surface area contributed by atoms with E-state index in [1.54, 1.807) is 7.11 Å². The summed E-state index contributed by atoms with van der Waals surface area (Å²) < 4.78 is 9.44. The lowest BCUT2D eigenvalue weighted by atomic mass is 10.1. The lowest BCUT2D eigenvalue weighted by Gasteiger charge is -2.08. The Morgan fingerprint density at radius 1 is 1.29 bits per heavy atom. The summed E-state index contributed by atoms with van der Waals surface area (Å²) in [6, 6.07) is 6.35. The van der Waals surface area contributed by atoms with Crippen LogP contribution in [0.15, 0.2) is 30.7 Å². The number of aryl methyl sites for hydroxylation is 1. The Morgan fingerprint density at radius 2 is 2.19 bits per heavy atom. The minimum atomic E-state index is 0.447. The number of ether oxygens (including phenoxy) is 1. The van der Waals surface area contributed by atoms with Crippen molar-refractivity contribution in [2.45, 2.75) is 20.1 Å². The van der Waals surface area contributed by atoms with Crippen LogP contribution >= 0.6 is 0 Å². The molecular weight excluding hydrogens is 266 g/mol. The zero-order valence-corrected chi connectivity index (χ0v) is 11.9. The molecule has 6 nitrogen and oxygen atoms in total. The molecule has 0 amide bonds. The van der Waals surface area contributed by atoms with Gasteiger partial charge in [-0.15, -0.1) is 10.2 Å². The third-order valence-electron chi connectivity index (χ3n) is 3.79. The SMILES string of the molecule is COCc1nnc2n1Cc1cncn1-c1ccc(C)cc1-2. The van der Waals surface area contributed by atoms with Gasteiger partial charge in [0.15, 0.2) is 11.6 Å². The Balaban J connectivity index is 2.03. The summed E-state index contributed by atoms with van der Waals surface area (Å²) in [4.78, 5) is 4.28. The van der Waals surface area contributed by atoms with Crippen molar-refractivity contribution in [1.29, 1.82) is 0 Å². The van der Waals surface area contributed by atoms with E-state index in [1.807, 2.05) is 12.5 Å². The van der Waals surface area contributed by atoms with Crippen LogP contribution in [0.3, 0.4) is 0 Å². The van der Waals surface area contributed by atoms with Gasteiger partial charge < -0.3 is 13.9 Å². The number of aromatic nitrogens is 5. The second kappa shape index (κ2) is 4.53. The maximum absolute atomic E-state index is 5.23. The summed E-state index contributed by atoms with van der Waals surface area (Å²) in [6.07, 6.45) is 3.73. The molecule has 1 aromatic carbocycles. The number of nitrogens with zero attached hydrogens (tertiary/aromatic N) is 5. The minimum Gasteiger partial charge on any atom is -0.377 e. The molecule has 0 atom stereocenters. The number of fused-ring (bicyclic) bond motifs is 5. The Bertz CT molecular complexity index is 817. The van der Waals surface area contributed by atoms with Crippen molar-refractivity contribution < 1.29 is 4.74 Å². The zero-order valence-electron chi connectivity index (χ0n) is 11.9. The number of hydrogen-bond donors (Lipinski definition) is 0. The van der Waals surface area contributed by atoms with Crippen molar-refractivity contribution in [3.63, 3.8) is 0 Å². The summed E-state index contributed by atoms with van der Waals surface area (Å²) >= 11 is 0. The maximum atomic E-state index is 5.23. The third kappa shape index (κ3) is 1.80. The van der Waals surface area contributed by atoms with Crippen molar-refractivity contribution in [3.05, 3.63) is 47.8 Å². The average molecular weight is 281 g/mol. The van der Waals surface area contributed by atoms with Gasteiger partial charge in [0, 0.05) is 12.7 Å². The molecule has 0 aliphatic carbocycles.